The number of carbonyl (C=O) groups is 2. The lowest BCUT2D eigenvalue weighted by atomic mass is 10.00. The molecule has 0 spiro atoms. The van der Waals surface area contributed by atoms with Crippen molar-refractivity contribution in [1.29, 1.82) is 0 Å². The largest absolute Gasteiger partial charge is 0.462 e. The SMILES string of the molecule is CC(C)(C)C(=O)SCCOP=O.Cc1cn(C2OC(COCNC(C)C(=O)OC(C)C)CC2Cl)c(=O)[nH]c1=O. The number of rotatable bonds is 12. The molecule has 39 heavy (non-hydrogen) atoms. The number of thioether (sulfide) groups is 1. The van der Waals surface area contributed by atoms with Crippen LogP contribution in [0.25, 0.3) is 0 Å². The third-order valence-electron chi connectivity index (χ3n) is 5.12. The number of alkyl halides is 1. The van der Waals surface area contributed by atoms with Gasteiger partial charge in [-0.2, -0.15) is 0 Å². The number of H-pyrrole nitrogens is 1. The van der Waals surface area contributed by atoms with Crippen molar-refractivity contribution in [2.24, 2.45) is 5.41 Å². The first-order valence-electron chi connectivity index (χ1n) is 12.4. The van der Waals surface area contributed by atoms with Gasteiger partial charge >= 0.3 is 20.3 Å². The summed E-state index contributed by atoms with van der Waals surface area (Å²) in [6, 6.07) is -0.492. The summed E-state index contributed by atoms with van der Waals surface area (Å²) in [4.78, 5) is 48.7. The van der Waals surface area contributed by atoms with Crippen LogP contribution in [0.3, 0.4) is 0 Å². The van der Waals surface area contributed by atoms with Gasteiger partial charge in [-0.25, -0.2) is 9.36 Å². The molecular weight excluding hydrogens is 573 g/mol. The van der Waals surface area contributed by atoms with Gasteiger partial charge < -0.3 is 14.2 Å². The Bertz CT molecular complexity index is 1060. The van der Waals surface area contributed by atoms with Gasteiger partial charge in [0.15, 0.2) is 11.3 Å². The van der Waals surface area contributed by atoms with Crippen molar-refractivity contribution in [2.75, 3.05) is 25.7 Å². The minimum atomic E-state index is -0.684. The van der Waals surface area contributed by atoms with Gasteiger partial charge in [-0.1, -0.05) is 32.5 Å². The average molecular weight is 612 g/mol. The first-order valence-corrected chi connectivity index (χ1v) is 14.6. The summed E-state index contributed by atoms with van der Waals surface area (Å²) in [6.45, 7) is 13.2. The molecule has 1 aromatic rings. The van der Waals surface area contributed by atoms with Crippen LogP contribution in [-0.2, 0) is 32.9 Å². The van der Waals surface area contributed by atoms with E-state index in [2.05, 4.69) is 14.8 Å². The number of hydrogen-bond donors (Lipinski definition) is 2. The zero-order valence-corrected chi connectivity index (χ0v) is 25.8. The maximum Gasteiger partial charge on any atom is 0.330 e. The van der Waals surface area contributed by atoms with Crippen LogP contribution in [0, 0.1) is 12.3 Å². The summed E-state index contributed by atoms with van der Waals surface area (Å²) < 4.78 is 32.1. The number of aromatic nitrogens is 2. The molecule has 2 rings (SSSR count). The van der Waals surface area contributed by atoms with Crippen molar-refractivity contribution >= 4 is 43.1 Å². The van der Waals surface area contributed by atoms with E-state index in [1.165, 1.54) is 22.5 Å². The molecule has 0 aliphatic carbocycles. The number of esters is 1. The highest BCUT2D eigenvalue weighted by Crippen LogP contribution is 2.32. The highest BCUT2D eigenvalue weighted by molar-refractivity contribution is 8.13. The quantitative estimate of drug-likeness (QED) is 0.118. The van der Waals surface area contributed by atoms with E-state index in [0.717, 1.165) is 0 Å². The summed E-state index contributed by atoms with van der Waals surface area (Å²) in [6.07, 6.45) is 0.759. The molecule has 0 aromatic carbocycles. The van der Waals surface area contributed by atoms with E-state index < -0.39 is 28.9 Å². The predicted molar refractivity (Wildman–Crippen MR) is 149 cm³/mol. The van der Waals surface area contributed by atoms with Crippen molar-refractivity contribution in [3.8, 4) is 0 Å². The number of ether oxygens (including phenoxy) is 3. The second-order valence-corrected chi connectivity index (χ2v) is 12.1. The van der Waals surface area contributed by atoms with Gasteiger partial charge in [-0.05, 0) is 34.1 Å². The normalized spacial score (nSPS) is 20.0. The van der Waals surface area contributed by atoms with Crippen LogP contribution in [0.15, 0.2) is 15.8 Å². The Labute approximate surface area is 239 Å². The van der Waals surface area contributed by atoms with E-state index in [1.807, 2.05) is 20.8 Å². The van der Waals surface area contributed by atoms with E-state index >= 15 is 0 Å². The monoisotopic (exact) mass is 611 g/mol. The molecule has 1 fully saturated rings. The zero-order valence-electron chi connectivity index (χ0n) is 23.4. The molecule has 1 aromatic heterocycles. The van der Waals surface area contributed by atoms with Crippen molar-refractivity contribution < 1.29 is 32.9 Å². The van der Waals surface area contributed by atoms with Gasteiger partial charge in [0.25, 0.3) is 5.56 Å². The molecule has 222 valence electrons. The molecule has 1 saturated heterocycles. The minimum absolute atomic E-state index is 0.133. The summed E-state index contributed by atoms with van der Waals surface area (Å²) in [5, 5.41) is 2.61. The third kappa shape index (κ3) is 13.1. The lowest BCUT2D eigenvalue weighted by Gasteiger charge is -2.18. The number of nitrogens with zero attached hydrogens (tertiary/aromatic N) is 1. The summed E-state index contributed by atoms with van der Waals surface area (Å²) in [5.41, 5.74) is -0.911. The first kappa shape index (κ1) is 35.4. The highest BCUT2D eigenvalue weighted by atomic mass is 35.5. The Morgan fingerprint density at radius 2 is 1.97 bits per heavy atom. The van der Waals surface area contributed by atoms with Gasteiger partial charge in [0.2, 0.25) is 0 Å². The second-order valence-electron chi connectivity index (χ2n) is 10.1. The van der Waals surface area contributed by atoms with Gasteiger partial charge in [0.1, 0.15) is 6.04 Å². The van der Waals surface area contributed by atoms with Crippen LogP contribution in [0.2, 0.25) is 0 Å². The number of hydrogen-bond acceptors (Lipinski definition) is 11. The molecule has 0 saturated carbocycles. The minimum Gasteiger partial charge on any atom is -0.462 e. The second kappa shape index (κ2) is 17.3. The fourth-order valence-corrected chi connectivity index (χ4v) is 4.50. The Hall–Kier alpha value is -1.60. The van der Waals surface area contributed by atoms with Crippen LogP contribution in [0.4, 0.5) is 0 Å². The van der Waals surface area contributed by atoms with Gasteiger partial charge in [-0.15, -0.1) is 11.6 Å². The highest BCUT2D eigenvalue weighted by Gasteiger charge is 2.36. The molecule has 1 aliphatic heterocycles. The number of halogens is 1. The molecule has 2 N–H and O–H groups in total. The number of nitrogens with one attached hydrogen (secondary N) is 2. The Morgan fingerprint density at radius 3 is 2.56 bits per heavy atom. The predicted octanol–water partition coefficient (Wildman–Crippen LogP) is 3.16. The number of carbonyl (C=O) groups excluding carboxylic acids is 2. The van der Waals surface area contributed by atoms with E-state index in [1.54, 1.807) is 27.7 Å². The van der Waals surface area contributed by atoms with Crippen LogP contribution in [0.1, 0.15) is 59.8 Å². The van der Waals surface area contributed by atoms with Crippen LogP contribution >= 0.6 is 32.0 Å². The molecule has 2 heterocycles. The summed E-state index contributed by atoms with van der Waals surface area (Å²) >= 11 is 7.53. The topological polar surface area (TPSA) is 155 Å². The molecule has 15 heteroatoms. The lowest BCUT2D eigenvalue weighted by molar-refractivity contribution is -0.150. The number of aryl methyl sites for hydroxylation is 1. The van der Waals surface area contributed by atoms with Crippen molar-refractivity contribution in [3.63, 3.8) is 0 Å². The Morgan fingerprint density at radius 1 is 1.31 bits per heavy atom. The van der Waals surface area contributed by atoms with Gasteiger partial charge in [0, 0.05) is 22.9 Å². The Kier molecular flexibility index (Phi) is 15.7. The smallest absolute Gasteiger partial charge is 0.330 e. The average Bonchev–Trinajstić information content (AvgIpc) is 3.21. The van der Waals surface area contributed by atoms with Crippen LogP contribution in [0.5, 0.6) is 0 Å². The standard InChI is InChI=1S/C17H26ClN3O6.C7H13O3PS/c1-9(2)26-16(23)11(4)19-8-25-7-12-5-13(18)15(27-12)21-6-10(3)14(22)20-17(21)24;1-7(2,3)6(8)12-5-4-10-11-9/h6,9,11-13,15,19H,5,7-8H2,1-4H3,(H,20,22,24);4-5H2,1-3H3. The summed E-state index contributed by atoms with van der Waals surface area (Å²) in [5.74, 6) is 0.213. The van der Waals surface area contributed by atoms with Crippen molar-refractivity contribution in [1.82, 2.24) is 14.9 Å². The molecule has 4 atom stereocenters. The maximum absolute atomic E-state index is 12.0. The third-order valence-corrected chi connectivity index (χ3v) is 7.05. The van der Waals surface area contributed by atoms with Crippen LogP contribution < -0.4 is 16.6 Å². The number of aromatic amines is 1. The van der Waals surface area contributed by atoms with E-state index in [9.17, 15) is 23.7 Å². The molecule has 0 bridgehead atoms. The maximum atomic E-state index is 12.0. The zero-order chi connectivity index (χ0) is 29.8. The van der Waals surface area contributed by atoms with E-state index in [4.69, 9.17) is 25.8 Å². The molecular formula is C24H39ClN3O9PS. The van der Waals surface area contributed by atoms with Gasteiger partial charge in [0.05, 0.1) is 37.5 Å². The Balaban J connectivity index is 0.000000534. The van der Waals surface area contributed by atoms with Gasteiger partial charge in [-0.3, -0.25) is 33.8 Å². The summed E-state index contributed by atoms with van der Waals surface area (Å²) in [7, 11) is -0.320. The fraction of sp³-hybridized carbons (Fsp3) is 0.750. The molecule has 1 aliphatic rings. The van der Waals surface area contributed by atoms with Crippen LogP contribution in [-0.4, -0.2) is 70.0 Å². The molecule has 0 radical (unpaired) electrons. The fourth-order valence-electron chi connectivity index (χ4n) is 3.05. The molecule has 4 unspecified atom stereocenters. The van der Waals surface area contributed by atoms with E-state index in [0.29, 0.717) is 24.3 Å². The first-order chi connectivity index (χ1) is 18.2. The molecule has 0 amide bonds. The van der Waals surface area contributed by atoms with E-state index in [-0.39, 0.29) is 50.7 Å². The molecule has 12 nitrogen and oxygen atoms in total. The lowest BCUT2D eigenvalue weighted by Crippen LogP contribution is -2.38. The van der Waals surface area contributed by atoms with Crippen molar-refractivity contribution in [3.05, 3.63) is 32.6 Å². The van der Waals surface area contributed by atoms with Crippen molar-refractivity contribution in [2.45, 2.75) is 84.7 Å².